The van der Waals surface area contributed by atoms with E-state index >= 15 is 0 Å². The molecule has 5 heteroatoms. The van der Waals surface area contributed by atoms with E-state index in [1.165, 1.54) is 0 Å². The number of methoxy groups -OCH3 is 2. The first-order chi connectivity index (χ1) is 6.27. The Balaban J connectivity index is 2.20. The Bertz CT molecular complexity index is 171. The van der Waals surface area contributed by atoms with Crippen LogP contribution in [-0.4, -0.2) is 51.1 Å². The molecule has 1 N–H and O–H groups in total. The van der Waals surface area contributed by atoms with E-state index in [4.69, 9.17) is 9.47 Å². The second kappa shape index (κ2) is 5.04. The van der Waals surface area contributed by atoms with Gasteiger partial charge in [0.1, 0.15) is 0 Å². The van der Waals surface area contributed by atoms with Crippen molar-refractivity contribution in [3.63, 3.8) is 0 Å². The lowest BCUT2D eigenvalue weighted by atomic mass is 10.4. The summed E-state index contributed by atoms with van der Waals surface area (Å²) in [5, 5.41) is 2.73. The lowest BCUT2D eigenvalue weighted by Gasteiger charge is -2.18. The predicted molar refractivity (Wildman–Crippen MR) is 47.4 cm³/mol. The molecule has 1 rings (SSSR count). The molecule has 0 aromatic carbocycles. The first kappa shape index (κ1) is 10.3. The summed E-state index contributed by atoms with van der Waals surface area (Å²) in [5.41, 5.74) is 0. The average molecular weight is 188 g/mol. The topological polar surface area (TPSA) is 50.8 Å². The fraction of sp³-hybridized carbons (Fsp3) is 0.875. The van der Waals surface area contributed by atoms with Gasteiger partial charge in [0.05, 0.1) is 0 Å². The normalized spacial score (nSPS) is 16.8. The third kappa shape index (κ3) is 2.86. The minimum atomic E-state index is -0.214. The van der Waals surface area contributed by atoms with Gasteiger partial charge in [-0.25, -0.2) is 4.79 Å². The van der Waals surface area contributed by atoms with Gasteiger partial charge in [-0.3, -0.25) is 0 Å². The van der Waals surface area contributed by atoms with Crippen molar-refractivity contribution in [2.45, 2.75) is 12.7 Å². The number of amides is 2. The highest BCUT2D eigenvalue weighted by Gasteiger charge is 2.20. The maximum atomic E-state index is 11.1. The van der Waals surface area contributed by atoms with Crippen molar-refractivity contribution in [3.05, 3.63) is 0 Å². The highest BCUT2D eigenvalue weighted by molar-refractivity contribution is 5.76. The maximum Gasteiger partial charge on any atom is 0.317 e. The third-order valence-electron chi connectivity index (χ3n) is 2.11. The van der Waals surface area contributed by atoms with E-state index in [0.717, 1.165) is 13.1 Å². The molecule has 0 atom stereocenters. The molecule has 1 fully saturated rings. The largest absolute Gasteiger partial charge is 0.356 e. The van der Waals surface area contributed by atoms with E-state index in [1.54, 1.807) is 19.1 Å². The summed E-state index contributed by atoms with van der Waals surface area (Å²) in [5.74, 6) is 0. The number of ether oxygens (including phenoxy) is 2. The van der Waals surface area contributed by atoms with E-state index in [9.17, 15) is 4.79 Å². The smallest absolute Gasteiger partial charge is 0.317 e. The zero-order chi connectivity index (χ0) is 9.68. The van der Waals surface area contributed by atoms with Gasteiger partial charge in [-0.1, -0.05) is 0 Å². The fourth-order valence-electron chi connectivity index (χ4n) is 1.32. The summed E-state index contributed by atoms with van der Waals surface area (Å²) in [7, 11) is 3.19. The molecule has 0 radical (unpaired) electrons. The van der Waals surface area contributed by atoms with Gasteiger partial charge in [0, 0.05) is 40.3 Å². The fourth-order valence-corrected chi connectivity index (χ4v) is 1.32. The molecule has 0 aliphatic carbocycles. The second-order valence-corrected chi connectivity index (χ2v) is 2.91. The Hall–Kier alpha value is -0.810. The van der Waals surface area contributed by atoms with Crippen LogP contribution in [0.25, 0.3) is 0 Å². The first-order valence-electron chi connectivity index (χ1n) is 4.36. The summed E-state index contributed by atoms with van der Waals surface area (Å²) in [4.78, 5) is 12.9. The Morgan fingerprint density at radius 3 is 2.69 bits per heavy atom. The van der Waals surface area contributed by atoms with E-state index in [0.29, 0.717) is 13.0 Å². The summed E-state index contributed by atoms with van der Waals surface area (Å²) < 4.78 is 10.0. The number of urea groups is 1. The van der Waals surface area contributed by atoms with E-state index in [-0.39, 0.29) is 12.3 Å². The van der Waals surface area contributed by atoms with Crippen molar-refractivity contribution in [3.8, 4) is 0 Å². The van der Waals surface area contributed by atoms with Gasteiger partial charge in [-0.2, -0.15) is 0 Å². The molecule has 0 saturated carbocycles. The first-order valence-corrected chi connectivity index (χ1v) is 4.36. The van der Waals surface area contributed by atoms with Crippen LogP contribution in [-0.2, 0) is 9.47 Å². The molecule has 0 unspecified atom stereocenters. The monoisotopic (exact) mass is 188 g/mol. The Morgan fingerprint density at radius 1 is 1.54 bits per heavy atom. The van der Waals surface area contributed by atoms with Gasteiger partial charge in [0.25, 0.3) is 0 Å². The van der Waals surface area contributed by atoms with Crippen LogP contribution in [0.2, 0.25) is 0 Å². The molecule has 1 heterocycles. The molecule has 1 aliphatic heterocycles. The van der Waals surface area contributed by atoms with Crippen LogP contribution in [0.4, 0.5) is 4.79 Å². The highest BCUT2D eigenvalue weighted by atomic mass is 16.7. The molecule has 1 saturated heterocycles. The summed E-state index contributed by atoms with van der Waals surface area (Å²) in [6, 6.07) is 0.00551. The number of hydrogen-bond donors (Lipinski definition) is 1. The van der Waals surface area contributed by atoms with Crippen LogP contribution in [0.1, 0.15) is 6.42 Å². The molecule has 2 amide bonds. The highest BCUT2D eigenvalue weighted by Crippen LogP contribution is 2.03. The Kier molecular flexibility index (Phi) is 3.98. The molecule has 76 valence electrons. The molecule has 0 aromatic rings. The lowest BCUT2D eigenvalue weighted by Crippen LogP contribution is -2.31. The number of carbonyl (C=O) groups excluding carboxylic acids is 1. The molecular weight excluding hydrogens is 172 g/mol. The van der Waals surface area contributed by atoms with Crippen molar-refractivity contribution >= 4 is 6.03 Å². The van der Waals surface area contributed by atoms with Crippen LogP contribution >= 0.6 is 0 Å². The zero-order valence-electron chi connectivity index (χ0n) is 8.08. The maximum absolute atomic E-state index is 11.1. The standard InChI is InChI=1S/C8H16N2O3/c1-12-7(13-2)3-5-10-6-4-9-8(10)11/h7H,3-6H2,1-2H3,(H,9,11). The minimum Gasteiger partial charge on any atom is -0.356 e. The predicted octanol–water partition coefficient (Wildman–Crippen LogP) is 0.0206. The van der Waals surface area contributed by atoms with Gasteiger partial charge in [0.2, 0.25) is 0 Å². The molecule has 13 heavy (non-hydrogen) atoms. The Morgan fingerprint density at radius 2 is 2.23 bits per heavy atom. The van der Waals surface area contributed by atoms with Gasteiger partial charge >= 0.3 is 6.03 Å². The summed E-state index contributed by atoms with van der Waals surface area (Å²) >= 11 is 0. The molecular formula is C8H16N2O3. The van der Waals surface area contributed by atoms with Gasteiger partial charge < -0.3 is 19.7 Å². The van der Waals surface area contributed by atoms with E-state index in [1.807, 2.05) is 0 Å². The van der Waals surface area contributed by atoms with Crippen molar-refractivity contribution in [1.29, 1.82) is 0 Å². The lowest BCUT2D eigenvalue weighted by molar-refractivity contribution is -0.107. The number of rotatable bonds is 5. The summed E-state index contributed by atoms with van der Waals surface area (Å²) in [6.45, 7) is 2.20. The zero-order valence-corrected chi connectivity index (χ0v) is 8.08. The quantitative estimate of drug-likeness (QED) is 0.619. The van der Waals surface area contributed by atoms with Crippen LogP contribution in [0.3, 0.4) is 0 Å². The van der Waals surface area contributed by atoms with Gasteiger partial charge in [0.15, 0.2) is 6.29 Å². The molecule has 1 aliphatic rings. The van der Waals surface area contributed by atoms with Crippen molar-refractivity contribution in [2.75, 3.05) is 33.9 Å². The number of hydrogen-bond acceptors (Lipinski definition) is 3. The minimum absolute atomic E-state index is 0.00551. The van der Waals surface area contributed by atoms with Crippen molar-refractivity contribution in [2.24, 2.45) is 0 Å². The van der Waals surface area contributed by atoms with Gasteiger partial charge in [-0.15, -0.1) is 0 Å². The number of nitrogens with one attached hydrogen (secondary N) is 1. The van der Waals surface area contributed by atoms with Crippen LogP contribution in [0.15, 0.2) is 0 Å². The van der Waals surface area contributed by atoms with Crippen molar-refractivity contribution in [1.82, 2.24) is 10.2 Å². The number of nitrogens with zero attached hydrogens (tertiary/aromatic N) is 1. The third-order valence-corrected chi connectivity index (χ3v) is 2.11. The second-order valence-electron chi connectivity index (χ2n) is 2.91. The Labute approximate surface area is 78.0 Å². The molecule has 0 bridgehead atoms. The van der Waals surface area contributed by atoms with Crippen LogP contribution in [0, 0.1) is 0 Å². The van der Waals surface area contributed by atoms with Crippen LogP contribution in [0.5, 0.6) is 0 Å². The van der Waals surface area contributed by atoms with Gasteiger partial charge in [-0.05, 0) is 0 Å². The average Bonchev–Trinajstić information content (AvgIpc) is 2.54. The molecule has 0 spiro atoms. The molecule has 0 aromatic heterocycles. The SMILES string of the molecule is COC(CCN1CCNC1=O)OC. The summed E-state index contributed by atoms with van der Waals surface area (Å²) in [6.07, 6.45) is 0.494. The van der Waals surface area contributed by atoms with Crippen molar-refractivity contribution < 1.29 is 14.3 Å². The molecule has 5 nitrogen and oxygen atoms in total. The number of carbonyl (C=O) groups is 1. The van der Waals surface area contributed by atoms with E-state index < -0.39 is 0 Å². The van der Waals surface area contributed by atoms with Crippen LogP contribution < -0.4 is 5.32 Å². The van der Waals surface area contributed by atoms with E-state index in [2.05, 4.69) is 5.32 Å².